The third-order valence-corrected chi connectivity index (χ3v) is 6.66. The van der Waals surface area contributed by atoms with Crippen molar-refractivity contribution in [2.24, 2.45) is 0 Å². The third-order valence-electron chi connectivity index (χ3n) is 5.46. The zero-order chi connectivity index (χ0) is 19.7. The molecule has 7 heteroatoms. The van der Waals surface area contributed by atoms with Crippen molar-refractivity contribution in [2.45, 2.75) is 38.8 Å². The number of nitrogens with one attached hydrogen (secondary N) is 1. The summed E-state index contributed by atoms with van der Waals surface area (Å²) >= 11 is 1.46. The summed E-state index contributed by atoms with van der Waals surface area (Å²) < 4.78 is 0. The Bertz CT molecular complexity index is 855. The standard InChI is InChI=1S/C21H26N4O2S/c1-14-18(28-20(22-14)16-6-4-3-5-7-16)21(27)25-12-10-24(11-13-25)15(2)19(26)23-17-8-9-17/h3-7,15,17H,8-13H2,1-2H3,(H,23,26). The molecule has 0 bridgehead atoms. The summed E-state index contributed by atoms with van der Waals surface area (Å²) in [7, 11) is 0. The number of hydrogen-bond donors (Lipinski definition) is 1. The Kier molecular flexibility index (Phi) is 5.46. The Hall–Kier alpha value is -2.25. The lowest BCUT2D eigenvalue weighted by Gasteiger charge is -2.37. The van der Waals surface area contributed by atoms with Crippen LogP contribution in [0.15, 0.2) is 30.3 Å². The molecule has 1 saturated heterocycles. The summed E-state index contributed by atoms with van der Waals surface area (Å²) in [4.78, 5) is 34.7. The first-order chi connectivity index (χ1) is 13.5. The average Bonchev–Trinajstić information content (AvgIpc) is 3.46. The minimum atomic E-state index is -0.146. The lowest BCUT2D eigenvalue weighted by molar-refractivity contribution is -0.126. The van der Waals surface area contributed by atoms with Crippen molar-refractivity contribution in [1.29, 1.82) is 0 Å². The molecule has 1 aromatic heterocycles. The van der Waals surface area contributed by atoms with Gasteiger partial charge in [-0.25, -0.2) is 4.98 Å². The van der Waals surface area contributed by atoms with Gasteiger partial charge in [-0.2, -0.15) is 0 Å². The molecule has 1 N–H and O–H groups in total. The molecule has 1 aromatic carbocycles. The number of thiazole rings is 1. The van der Waals surface area contributed by atoms with Crippen LogP contribution in [0, 0.1) is 6.92 Å². The van der Waals surface area contributed by atoms with Gasteiger partial charge < -0.3 is 10.2 Å². The van der Waals surface area contributed by atoms with Crippen LogP contribution in [-0.2, 0) is 4.79 Å². The number of amides is 2. The summed E-state index contributed by atoms with van der Waals surface area (Å²) in [6, 6.07) is 10.2. The Morgan fingerprint density at radius 3 is 2.46 bits per heavy atom. The summed E-state index contributed by atoms with van der Waals surface area (Å²) in [5.74, 6) is 0.153. The highest BCUT2D eigenvalue weighted by Crippen LogP contribution is 2.29. The Morgan fingerprint density at radius 2 is 1.82 bits per heavy atom. The summed E-state index contributed by atoms with van der Waals surface area (Å²) in [5, 5.41) is 3.95. The number of aromatic nitrogens is 1. The van der Waals surface area contributed by atoms with Crippen molar-refractivity contribution < 1.29 is 9.59 Å². The first-order valence-electron chi connectivity index (χ1n) is 9.89. The van der Waals surface area contributed by atoms with Crippen LogP contribution >= 0.6 is 11.3 Å². The van der Waals surface area contributed by atoms with E-state index in [1.54, 1.807) is 0 Å². The van der Waals surface area contributed by atoms with Gasteiger partial charge in [0.15, 0.2) is 0 Å². The maximum atomic E-state index is 13.0. The first-order valence-corrected chi connectivity index (χ1v) is 10.7. The van der Waals surface area contributed by atoms with Gasteiger partial charge in [-0.15, -0.1) is 11.3 Å². The molecule has 2 aliphatic rings. The van der Waals surface area contributed by atoms with Crippen LogP contribution in [0.1, 0.15) is 35.1 Å². The van der Waals surface area contributed by atoms with E-state index in [4.69, 9.17) is 0 Å². The van der Waals surface area contributed by atoms with Gasteiger partial charge in [-0.1, -0.05) is 30.3 Å². The molecule has 1 atom stereocenters. The SMILES string of the molecule is Cc1nc(-c2ccccc2)sc1C(=O)N1CCN(C(C)C(=O)NC2CC2)CC1. The van der Waals surface area contributed by atoms with Gasteiger partial charge in [0.05, 0.1) is 11.7 Å². The van der Waals surface area contributed by atoms with Crippen LogP contribution in [0.5, 0.6) is 0 Å². The number of hydrogen-bond acceptors (Lipinski definition) is 5. The quantitative estimate of drug-likeness (QED) is 0.841. The molecule has 1 saturated carbocycles. The molecule has 1 aliphatic heterocycles. The van der Waals surface area contributed by atoms with Crippen molar-refractivity contribution >= 4 is 23.2 Å². The fourth-order valence-electron chi connectivity index (χ4n) is 3.47. The van der Waals surface area contributed by atoms with Gasteiger partial charge in [-0.3, -0.25) is 14.5 Å². The van der Waals surface area contributed by atoms with Crippen LogP contribution in [0.4, 0.5) is 0 Å². The van der Waals surface area contributed by atoms with Gasteiger partial charge in [-0.05, 0) is 26.7 Å². The molecule has 28 heavy (non-hydrogen) atoms. The van der Waals surface area contributed by atoms with Crippen molar-refractivity contribution in [1.82, 2.24) is 20.1 Å². The number of carbonyl (C=O) groups is 2. The van der Waals surface area contributed by atoms with Gasteiger partial charge in [0.2, 0.25) is 5.91 Å². The van der Waals surface area contributed by atoms with Crippen molar-refractivity contribution in [2.75, 3.05) is 26.2 Å². The van der Waals surface area contributed by atoms with Crippen LogP contribution in [0.25, 0.3) is 10.6 Å². The molecule has 2 aromatic rings. The topological polar surface area (TPSA) is 65.5 Å². The molecule has 2 heterocycles. The van der Waals surface area contributed by atoms with Gasteiger partial charge in [0.25, 0.3) is 5.91 Å². The second-order valence-electron chi connectivity index (χ2n) is 7.59. The molecular formula is C21H26N4O2S. The van der Waals surface area contributed by atoms with E-state index in [2.05, 4.69) is 15.2 Å². The van der Waals surface area contributed by atoms with E-state index in [0.29, 0.717) is 37.1 Å². The van der Waals surface area contributed by atoms with Crippen molar-refractivity contribution in [3.05, 3.63) is 40.9 Å². The molecule has 1 unspecified atom stereocenters. The van der Waals surface area contributed by atoms with E-state index in [9.17, 15) is 9.59 Å². The predicted octanol–water partition coefficient (Wildman–Crippen LogP) is 2.54. The van der Waals surface area contributed by atoms with Crippen molar-refractivity contribution in [3.8, 4) is 10.6 Å². The molecule has 2 fully saturated rings. The van der Waals surface area contributed by atoms with Crippen molar-refractivity contribution in [3.63, 3.8) is 0 Å². The Morgan fingerprint density at radius 1 is 1.14 bits per heavy atom. The highest BCUT2D eigenvalue weighted by atomic mass is 32.1. The fourth-order valence-corrected chi connectivity index (χ4v) is 4.51. The van der Waals surface area contributed by atoms with Gasteiger partial charge >= 0.3 is 0 Å². The highest BCUT2D eigenvalue weighted by molar-refractivity contribution is 7.17. The molecule has 2 amide bonds. The lowest BCUT2D eigenvalue weighted by atomic mass is 10.2. The zero-order valence-electron chi connectivity index (χ0n) is 16.4. The third kappa shape index (κ3) is 4.10. The van der Waals surface area contributed by atoms with E-state index in [1.807, 2.05) is 49.1 Å². The fraction of sp³-hybridized carbons (Fsp3) is 0.476. The second kappa shape index (κ2) is 8.01. The average molecular weight is 399 g/mol. The minimum absolute atomic E-state index is 0.0481. The molecular weight excluding hydrogens is 372 g/mol. The van der Waals surface area contributed by atoms with Crippen LogP contribution in [0.3, 0.4) is 0 Å². The highest BCUT2D eigenvalue weighted by Gasteiger charge is 2.31. The molecule has 0 radical (unpaired) electrons. The number of aryl methyl sites for hydroxylation is 1. The minimum Gasteiger partial charge on any atom is -0.352 e. The molecule has 0 spiro atoms. The molecule has 148 valence electrons. The summed E-state index contributed by atoms with van der Waals surface area (Å²) in [6.07, 6.45) is 2.19. The zero-order valence-corrected chi connectivity index (χ0v) is 17.2. The largest absolute Gasteiger partial charge is 0.352 e. The van der Waals surface area contributed by atoms with E-state index >= 15 is 0 Å². The Labute approximate surface area is 169 Å². The first kappa shape index (κ1) is 19.1. The monoisotopic (exact) mass is 398 g/mol. The number of benzene rings is 1. The maximum Gasteiger partial charge on any atom is 0.265 e. The number of nitrogens with zero attached hydrogens (tertiary/aromatic N) is 3. The molecule has 6 nitrogen and oxygen atoms in total. The number of piperazine rings is 1. The van der Waals surface area contributed by atoms with Crippen LogP contribution in [-0.4, -0.2) is 64.9 Å². The van der Waals surface area contributed by atoms with E-state index in [0.717, 1.165) is 29.1 Å². The van der Waals surface area contributed by atoms with E-state index < -0.39 is 0 Å². The maximum absolute atomic E-state index is 13.0. The normalized spacial score (nSPS) is 18.7. The smallest absolute Gasteiger partial charge is 0.265 e. The lowest BCUT2D eigenvalue weighted by Crippen LogP contribution is -2.55. The summed E-state index contributed by atoms with van der Waals surface area (Å²) in [5.41, 5.74) is 1.82. The molecule has 4 rings (SSSR count). The Balaban J connectivity index is 1.37. The molecule has 1 aliphatic carbocycles. The summed E-state index contributed by atoms with van der Waals surface area (Å²) in [6.45, 7) is 6.56. The van der Waals surface area contributed by atoms with Crippen LogP contribution < -0.4 is 5.32 Å². The van der Waals surface area contributed by atoms with Gasteiger partial charge in [0, 0.05) is 37.8 Å². The van der Waals surface area contributed by atoms with E-state index in [-0.39, 0.29) is 17.9 Å². The van der Waals surface area contributed by atoms with Gasteiger partial charge in [0.1, 0.15) is 9.88 Å². The number of carbonyl (C=O) groups excluding carboxylic acids is 2. The van der Waals surface area contributed by atoms with Crippen LogP contribution in [0.2, 0.25) is 0 Å². The van der Waals surface area contributed by atoms with E-state index in [1.165, 1.54) is 11.3 Å². The predicted molar refractivity (Wildman–Crippen MR) is 110 cm³/mol. The second-order valence-corrected chi connectivity index (χ2v) is 8.59. The number of rotatable bonds is 5.